The molecule has 6 nitrogen and oxygen atoms in total. The van der Waals surface area contributed by atoms with Crippen molar-refractivity contribution >= 4 is 29.2 Å². The summed E-state index contributed by atoms with van der Waals surface area (Å²) in [5, 5.41) is 6.08. The molecule has 1 heterocycles. The Morgan fingerprint density at radius 3 is 2.60 bits per heavy atom. The zero-order valence-electron chi connectivity index (χ0n) is 10.9. The van der Waals surface area contributed by atoms with Gasteiger partial charge >= 0.3 is 6.01 Å². The summed E-state index contributed by atoms with van der Waals surface area (Å²) in [4.78, 5) is 12.2. The zero-order chi connectivity index (χ0) is 14.5. The summed E-state index contributed by atoms with van der Waals surface area (Å²) >= 11 is 5.79. The van der Waals surface area contributed by atoms with E-state index >= 15 is 0 Å². The first kappa shape index (κ1) is 14.3. The summed E-state index contributed by atoms with van der Waals surface area (Å²) in [7, 11) is 1.45. The van der Waals surface area contributed by atoms with Crippen LogP contribution in [0.25, 0.3) is 0 Å². The predicted molar refractivity (Wildman–Crippen MR) is 75.2 cm³/mol. The standard InChI is InChI=1S/C12H13ClFN5O/c1-3-15-10-17-11(19-12(18-10)20-2)16-9-5-7(13)4-8(14)6-9/h4-6H,3H2,1-2H3,(H2,15,16,17,18,19). The van der Waals surface area contributed by atoms with E-state index < -0.39 is 5.82 Å². The molecule has 8 heteroatoms. The van der Waals surface area contributed by atoms with Crippen LogP contribution in [0, 0.1) is 5.82 Å². The van der Waals surface area contributed by atoms with Crippen LogP contribution in [-0.4, -0.2) is 28.6 Å². The first-order valence-corrected chi connectivity index (χ1v) is 6.25. The normalized spacial score (nSPS) is 10.2. The number of hydrogen-bond donors (Lipinski definition) is 2. The Hall–Kier alpha value is -2.15. The van der Waals surface area contributed by atoms with Gasteiger partial charge in [-0.25, -0.2) is 4.39 Å². The van der Waals surface area contributed by atoms with Crippen LogP contribution < -0.4 is 15.4 Å². The average Bonchev–Trinajstić information content (AvgIpc) is 2.37. The number of anilines is 3. The SMILES string of the molecule is CCNc1nc(Nc2cc(F)cc(Cl)c2)nc(OC)n1. The summed E-state index contributed by atoms with van der Waals surface area (Å²) in [6, 6.07) is 4.22. The lowest BCUT2D eigenvalue weighted by molar-refractivity contribution is 0.379. The van der Waals surface area contributed by atoms with Crippen molar-refractivity contribution in [1.29, 1.82) is 0 Å². The van der Waals surface area contributed by atoms with Crippen LogP contribution in [0.15, 0.2) is 18.2 Å². The van der Waals surface area contributed by atoms with Gasteiger partial charge in [-0.1, -0.05) is 11.6 Å². The maximum Gasteiger partial charge on any atom is 0.322 e. The number of nitrogens with one attached hydrogen (secondary N) is 2. The highest BCUT2D eigenvalue weighted by atomic mass is 35.5. The topological polar surface area (TPSA) is 72.0 Å². The molecule has 1 aromatic heterocycles. The largest absolute Gasteiger partial charge is 0.467 e. The number of nitrogens with zero attached hydrogens (tertiary/aromatic N) is 3. The summed E-state index contributed by atoms with van der Waals surface area (Å²) in [5.74, 6) is 0.145. The molecule has 2 N–H and O–H groups in total. The maximum absolute atomic E-state index is 13.3. The van der Waals surface area contributed by atoms with E-state index in [1.54, 1.807) is 6.07 Å². The minimum atomic E-state index is -0.451. The lowest BCUT2D eigenvalue weighted by atomic mass is 10.3. The Labute approximate surface area is 120 Å². The second-order valence-electron chi connectivity index (χ2n) is 3.78. The lowest BCUT2D eigenvalue weighted by Gasteiger charge is -2.09. The fraction of sp³-hybridized carbons (Fsp3) is 0.250. The van der Waals surface area contributed by atoms with Gasteiger partial charge in [0.1, 0.15) is 5.82 Å². The molecule has 0 fully saturated rings. The van der Waals surface area contributed by atoms with Crippen LogP contribution >= 0.6 is 11.6 Å². The van der Waals surface area contributed by atoms with Crippen molar-refractivity contribution in [2.45, 2.75) is 6.92 Å². The zero-order valence-corrected chi connectivity index (χ0v) is 11.7. The third-order valence-corrected chi connectivity index (χ3v) is 2.47. The van der Waals surface area contributed by atoms with Gasteiger partial charge in [-0.05, 0) is 25.1 Å². The van der Waals surface area contributed by atoms with E-state index in [1.165, 1.54) is 19.2 Å². The minimum absolute atomic E-state index is 0.154. The molecule has 0 spiro atoms. The predicted octanol–water partition coefficient (Wildman–Crippen LogP) is 2.85. The number of aromatic nitrogens is 3. The average molecular weight is 298 g/mol. The van der Waals surface area contributed by atoms with E-state index in [0.717, 1.165) is 0 Å². The molecule has 106 valence electrons. The highest BCUT2D eigenvalue weighted by Crippen LogP contribution is 2.21. The number of rotatable bonds is 5. The first-order valence-electron chi connectivity index (χ1n) is 5.87. The van der Waals surface area contributed by atoms with Crippen molar-refractivity contribution in [3.63, 3.8) is 0 Å². The molecule has 0 aliphatic carbocycles. The number of ether oxygens (including phenoxy) is 1. The van der Waals surface area contributed by atoms with E-state index in [2.05, 4.69) is 25.6 Å². The van der Waals surface area contributed by atoms with Crippen molar-refractivity contribution in [3.05, 3.63) is 29.0 Å². The smallest absolute Gasteiger partial charge is 0.322 e. The van der Waals surface area contributed by atoms with Gasteiger partial charge < -0.3 is 15.4 Å². The molecule has 20 heavy (non-hydrogen) atoms. The molecule has 0 saturated carbocycles. The molecular formula is C12H13ClFN5O. The highest BCUT2D eigenvalue weighted by Gasteiger charge is 2.07. The molecule has 0 aliphatic heterocycles. The van der Waals surface area contributed by atoms with Crippen LogP contribution in [0.4, 0.5) is 22.0 Å². The van der Waals surface area contributed by atoms with Crippen LogP contribution in [0.3, 0.4) is 0 Å². The van der Waals surface area contributed by atoms with E-state index in [9.17, 15) is 4.39 Å². The Morgan fingerprint density at radius 2 is 1.95 bits per heavy atom. The molecule has 0 saturated heterocycles. The lowest BCUT2D eigenvalue weighted by Crippen LogP contribution is -2.07. The van der Waals surface area contributed by atoms with Crippen LogP contribution in [-0.2, 0) is 0 Å². The maximum atomic E-state index is 13.3. The molecular weight excluding hydrogens is 285 g/mol. The van der Waals surface area contributed by atoms with Crippen molar-refractivity contribution < 1.29 is 9.13 Å². The molecule has 0 unspecified atom stereocenters. The molecule has 0 amide bonds. The summed E-state index contributed by atoms with van der Waals surface area (Å²) in [6.07, 6.45) is 0. The van der Waals surface area contributed by atoms with Gasteiger partial charge in [0.15, 0.2) is 0 Å². The highest BCUT2D eigenvalue weighted by molar-refractivity contribution is 6.30. The molecule has 2 aromatic rings. The van der Waals surface area contributed by atoms with Gasteiger partial charge in [-0.15, -0.1) is 0 Å². The van der Waals surface area contributed by atoms with Gasteiger partial charge in [-0.3, -0.25) is 0 Å². The fourth-order valence-electron chi connectivity index (χ4n) is 1.50. The van der Waals surface area contributed by atoms with Crippen molar-refractivity contribution in [2.75, 3.05) is 24.3 Å². The first-order chi connectivity index (χ1) is 9.60. The molecule has 0 aliphatic rings. The fourth-order valence-corrected chi connectivity index (χ4v) is 1.72. The van der Waals surface area contributed by atoms with E-state index in [4.69, 9.17) is 16.3 Å². The quantitative estimate of drug-likeness (QED) is 0.884. The summed E-state index contributed by atoms with van der Waals surface area (Å²) in [6.45, 7) is 2.56. The van der Waals surface area contributed by atoms with Gasteiger partial charge in [0, 0.05) is 17.3 Å². The van der Waals surface area contributed by atoms with Gasteiger partial charge in [-0.2, -0.15) is 15.0 Å². The molecule has 0 atom stereocenters. The van der Waals surface area contributed by atoms with Crippen molar-refractivity contribution in [3.8, 4) is 6.01 Å². The van der Waals surface area contributed by atoms with E-state index in [1.807, 2.05) is 6.92 Å². The van der Waals surface area contributed by atoms with Crippen LogP contribution in [0.5, 0.6) is 6.01 Å². The second kappa shape index (κ2) is 6.33. The van der Waals surface area contributed by atoms with Gasteiger partial charge in [0.05, 0.1) is 7.11 Å². The summed E-state index contributed by atoms with van der Waals surface area (Å²) in [5.41, 5.74) is 0.436. The molecule has 1 aromatic carbocycles. The Morgan fingerprint density at radius 1 is 1.20 bits per heavy atom. The van der Waals surface area contributed by atoms with Gasteiger partial charge in [0.25, 0.3) is 0 Å². The molecule has 0 radical (unpaired) electrons. The Balaban J connectivity index is 2.29. The number of benzene rings is 1. The number of methoxy groups -OCH3 is 1. The monoisotopic (exact) mass is 297 g/mol. The summed E-state index contributed by atoms with van der Waals surface area (Å²) < 4.78 is 18.2. The van der Waals surface area contributed by atoms with Crippen LogP contribution in [0.2, 0.25) is 5.02 Å². The second-order valence-corrected chi connectivity index (χ2v) is 4.22. The van der Waals surface area contributed by atoms with Gasteiger partial charge in [0.2, 0.25) is 11.9 Å². The molecule has 2 rings (SSSR count). The third kappa shape index (κ3) is 3.67. The van der Waals surface area contributed by atoms with E-state index in [-0.39, 0.29) is 17.0 Å². The Bertz CT molecular complexity index is 590. The van der Waals surface area contributed by atoms with Crippen molar-refractivity contribution in [2.24, 2.45) is 0 Å². The third-order valence-electron chi connectivity index (χ3n) is 2.25. The van der Waals surface area contributed by atoms with Crippen LogP contribution in [0.1, 0.15) is 6.92 Å². The number of halogens is 2. The van der Waals surface area contributed by atoms with E-state index in [0.29, 0.717) is 18.2 Å². The van der Waals surface area contributed by atoms with Crippen molar-refractivity contribution in [1.82, 2.24) is 15.0 Å². The molecule has 0 bridgehead atoms. The number of hydrogen-bond acceptors (Lipinski definition) is 6. The minimum Gasteiger partial charge on any atom is -0.467 e. The Kier molecular flexibility index (Phi) is 4.52.